The fourth-order valence-electron chi connectivity index (χ4n) is 5.41. The van der Waals surface area contributed by atoms with Gasteiger partial charge in [0.2, 0.25) is 11.6 Å². The average Bonchev–Trinajstić information content (AvgIpc) is 3.40. The lowest BCUT2D eigenvalue weighted by atomic mass is 9.95. The molecule has 6 rings (SSSR count). The molecule has 0 saturated carbocycles. The highest BCUT2D eigenvalue weighted by Crippen LogP contribution is 2.32. The zero-order valence-corrected chi connectivity index (χ0v) is 27.0. The van der Waals surface area contributed by atoms with Crippen LogP contribution in [0.25, 0.3) is 6.08 Å². The monoisotopic (exact) mass is 689 g/mol. The Kier molecular flexibility index (Phi) is 9.36. The quantitative estimate of drug-likeness (QED) is 0.151. The van der Waals surface area contributed by atoms with E-state index in [1.54, 1.807) is 79.7 Å². The van der Waals surface area contributed by atoms with Gasteiger partial charge in [-0.15, -0.1) is 0 Å². The van der Waals surface area contributed by atoms with Crippen molar-refractivity contribution < 1.29 is 36.6 Å². The molecule has 1 aliphatic heterocycles. The number of carbonyl (C=O) groups is 1. The Balaban J connectivity index is 1.41. The van der Waals surface area contributed by atoms with Gasteiger partial charge in [0.15, 0.2) is 22.2 Å². The number of nitrogens with zero attached hydrogens (tertiary/aromatic N) is 2. The Labute approximate surface area is 280 Å². The summed E-state index contributed by atoms with van der Waals surface area (Å²) in [5, 5.41) is 2.90. The van der Waals surface area contributed by atoms with Crippen molar-refractivity contribution in [2.75, 3.05) is 19.5 Å². The number of anilines is 1. The average molecular weight is 690 g/mol. The van der Waals surface area contributed by atoms with Gasteiger partial charge in [0.25, 0.3) is 11.5 Å². The van der Waals surface area contributed by atoms with E-state index in [4.69, 9.17) is 14.2 Å². The number of carbonyl (C=O) groups excluding carboxylic acids is 1. The molecule has 1 aromatic heterocycles. The number of thiazole rings is 1. The molecule has 0 bridgehead atoms. The number of para-hydroxylation sites is 1. The molecular formula is C36H27F4N3O5S. The first-order valence-electron chi connectivity index (χ1n) is 14.7. The number of methoxy groups -OCH3 is 2. The highest BCUT2D eigenvalue weighted by Gasteiger charge is 2.32. The standard InChI is InChI=1S/C36H27F4N3O5S/c1-19-29(34(44)42-23-7-5-4-6-8-23)32(21-10-12-24(46-2)13-11-21)43-35(45)28(49-36(43)41-19)16-20-9-14-27(47-3)22(15-20)18-48-33-30(39)25(37)17-26(38)31(33)40/h4-17,32H,18H2,1-3H3,(H,42,44)/b28-16+/t32-/m0/s1. The SMILES string of the molecule is COc1ccc([C@H]2C(C(=O)Nc3ccccc3)=C(C)N=c3s/c(=C/c4ccc(OC)c(COc5c(F)c(F)cc(F)c5F)c4)c(=O)n32)cc1. The van der Waals surface area contributed by atoms with E-state index in [2.05, 4.69) is 10.3 Å². The summed E-state index contributed by atoms with van der Waals surface area (Å²) >= 11 is 1.11. The Hall–Kier alpha value is -5.69. The van der Waals surface area contributed by atoms with Crippen LogP contribution in [0.3, 0.4) is 0 Å². The van der Waals surface area contributed by atoms with Crippen LogP contribution >= 0.6 is 11.3 Å². The van der Waals surface area contributed by atoms with Gasteiger partial charge in [0.05, 0.1) is 36.1 Å². The molecule has 1 N–H and O–H groups in total. The topological polar surface area (TPSA) is 91.2 Å². The molecule has 0 saturated heterocycles. The lowest BCUT2D eigenvalue weighted by molar-refractivity contribution is -0.113. The van der Waals surface area contributed by atoms with Crippen molar-refractivity contribution in [2.45, 2.75) is 19.6 Å². The van der Waals surface area contributed by atoms with Gasteiger partial charge in [0.1, 0.15) is 18.1 Å². The molecule has 1 atom stereocenters. The van der Waals surface area contributed by atoms with Gasteiger partial charge in [-0.2, -0.15) is 8.78 Å². The Morgan fingerprint density at radius 3 is 2.29 bits per heavy atom. The summed E-state index contributed by atoms with van der Waals surface area (Å²) in [6, 6.07) is 20.0. The summed E-state index contributed by atoms with van der Waals surface area (Å²) in [4.78, 5) is 32.9. The molecule has 0 unspecified atom stereocenters. The molecule has 0 aliphatic carbocycles. The number of amides is 1. The number of hydrogen-bond acceptors (Lipinski definition) is 7. The maximum atomic E-state index is 14.2. The Morgan fingerprint density at radius 2 is 1.63 bits per heavy atom. The fraction of sp³-hybridized carbons (Fsp3) is 0.139. The van der Waals surface area contributed by atoms with Crippen molar-refractivity contribution >= 4 is 29.0 Å². The number of fused-ring (bicyclic) bond motifs is 1. The van der Waals surface area contributed by atoms with Crippen LogP contribution in [0, 0.1) is 23.3 Å². The zero-order chi connectivity index (χ0) is 34.8. The summed E-state index contributed by atoms with van der Waals surface area (Å²) in [6.07, 6.45) is 1.59. The summed E-state index contributed by atoms with van der Waals surface area (Å²) < 4.78 is 73.5. The number of nitrogens with one attached hydrogen (secondary N) is 1. The van der Waals surface area contributed by atoms with Crippen molar-refractivity contribution in [3.63, 3.8) is 0 Å². The van der Waals surface area contributed by atoms with E-state index in [-0.39, 0.29) is 27.5 Å². The van der Waals surface area contributed by atoms with E-state index in [9.17, 15) is 27.2 Å². The molecule has 2 heterocycles. The van der Waals surface area contributed by atoms with Crippen LogP contribution in [0.4, 0.5) is 23.2 Å². The van der Waals surface area contributed by atoms with E-state index in [1.807, 2.05) is 6.07 Å². The number of hydrogen-bond donors (Lipinski definition) is 1. The molecule has 49 heavy (non-hydrogen) atoms. The first kappa shape index (κ1) is 33.2. The predicted octanol–water partition coefficient (Wildman–Crippen LogP) is 6.03. The minimum Gasteiger partial charge on any atom is -0.497 e. The van der Waals surface area contributed by atoms with Crippen molar-refractivity contribution in [1.82, 2.24) is 4.57 Å². The molecule has 8 nitrogen and oxygen atoms in total. The van der Waals surface area contributed by atoms with E-state index >= 15 is 0 Å². The number of allylic oxidation sites excluding steroid dienone is 1. The molecule has 0 radical (unpaired) electrons. The lowest BCUT2D eigenvalue weighted by Gasteiger charge is -2.25. The van der Waals surface area contributed by atoms with Crippen LogP contribution < -0.4 is 34.4 Å². The maximum Gasteiger partial charge on any atom is 0.271 e. The summed E-state index contributed by atoms with van der Waals surface area (Å²) in [5.74, 6) is -7.32. The Morgan fingerprint density at radius 1 is 0.939 bits per heavy atom. The summed E-state index contributed by atoms with van der Waals surface area (Å²) in [5.41, 5.74) is 2.28. The van der Waals surface area contributed by atoms with Crippen molar-refractivity contribution in [1.29, 1.82) is 0 Å². The highest BCUT2D eigenvalue weighted by molar-refractivity contribution is 7.07. The smallest absolute Gasteiger partial charge is 0.271 e. The van der Waals surface area contributed by atoms with Crippen LogP contribution in [0.2, 0.25) is 0 Å². The van der Waals surface area contributed by atoms with Crippen LogP contribution in [0.15, 0.2) is 99.9 Å². The first-order chi connectivity index (χ1) is 23.6. The third-order valence-electron chi connectivity index (χ3n) is 7.78. The number of benzene rings is 4. The van der Waals surface area contributed by atoms with E-state index in [0.29, 0.717) is 33.1 Å². The second kappa shape index (κ2) is 13.8. The summed E-state index contributed by atoms with van der Waals surface area (Å²) in [7, 11) is 2.90. The van der Waals surface area contributed by atoms with Crippen LogP contribution in [-0.2, 0) is 11.4 Å². The van der Waals surface area contributed by atoms with Crippen molar-refractivity contribution in [2.24, 2.45) is 4.99 Å². The fourth-order valence-corrected chi connectivity index (χ4v) is 6.46. The predicted molar refractivity (Wildman–Crippen MR) is 175 cm³/mol. The third-order valence-corrected chi connectivity index (χ3v) is 8.76. The minimum absolute atomic E-state index is 0.0913. The zero-order valence-electron chi connectivity index (χ0n) is 26.2. The molecule has 0 fully saturated rings. The minimum atomic E-state index is -1.67. The van der Waals surface area contributed by atoms with Gasteiger partial charge in [0, 0.05) is 17.3 Å². The molecule has 250 valence electrons. The van der Waals surface area contributed by atoms with E-state index in [0.717, 1.165) is 11.3 Å². The van der Waals surface area contributed by atoms with Gasteiger partial charge in [-0.05, 0) is 60.5 Å². The van der Waals surface area contributed by atoms with Gasteiger partial charge < -0.3 is 19.5 Å². The normalized spacial score (nSPS) is 14.3. The molecule has 13 heteroatoms. The maximum absolute atomic E-state index is 14.2. The molecule has 0 spiro atoms. The van der Waals surface area contributed by atoms with Crippen LogP contribution in [0.1, 0.15) is 29.7 Å². The summed E-state index contributed by atoms with van der Waals surface area (Å²) in [6.45, 7) is 1.19. The van der Waals surface area contributed by atoms with E-state index in [1.165, 1.54) is 18.8 Å². The van der Waals surface area contributed by atoms with Crippen molar-refractivity contribution in [3.05, 3.63) is 150 Å². The van der Waals surface area contributed by atoms with Gasteiger partial charge in [-0.25, -0.2) is 13.8 Å². The Bertz CT molecular complexity index is 2260. The number of ether oxygens (including phenoxy) is 3. The number of rotatable bonds is 9. The number of aromatic nitrogens is 1. The van der Waals surface area contributed by atoms with E-state index < -0.39 is 53.1 Å². The highest BCUT2D eigenvalue weighted by atomic mass is 32.1. The number of halogens is 4. The molecule has 4 aromatic carbocycles. The van der Waals surface area contributed by atoms with Crippen molar-refractivity contribution in [3.8, 4) is 17.2 Å². The first-order valence-corrected chi connectivity index (χ1v) is 15.6. The molecule has 1 aliphatic rings. The lowest BCUT2D eigenvalue weighted by Crippen LogP contribution is -2.40. The van der Waals surface area contributed by atoms with Gasteiger partial charge in [-0.3, -0.25) is 14.2 Å². The van der Waals surface area contributed by atoms with Gasteiger partial charge >= 0.3 is 0 Å². The van der Waals surface area contributed by atoms with Crippen LogP contribution in [-0.4, -0.2) is 24.7 Å². The second-order valence-electron chi connectivity index (χ2n) is 10.8. The largest absolute Gasteiger partial charge is 0.497 e. The van der Waals surface area contributed by atoms with Gasteiger partial charge in [-0.1, -0.05) is 47.7 Å². The third kappa shape index (κ3) is 6.57. The molecule has 5 aromatic rings. The molecule has 1 amide bonds. The van der Waals surface area contributed by atoms with Crippen LogP contribution in [0.5, 0.6) is 17.2 Å². The second-order valence-corrected chi connectivity index (χ2v) is 11.8. The molecular weight excluding hydrogens is 662 g/mol.